The van der Waals surface area contributed by atoms with Crippen LogP contribution in [0, 0.1) is 12.3 Å². The molecular weight excluding hydrogens is 292 g/mol. The summed E-state index contributed by atoms with van der Waals surface area (Å²) in [7, 11) is 2.21. The molecule has 2 aliphatic heterocycles. The highest BCUT2D eigenvalue weighted by atomic mass is 15.3. The van der Waals surface area contributed by atoms with E-state index in [4.69, 9.17) is 0 Å². The molecule has 0 aliphatic carbocycles. The molecule has 3 heterocycles. The number of hydrogen-bond acceptors (Lipinski definition) is 1. The molecular formula is C22H30N2. The zero-order valence-corrected chi connectivity index (χ0v) is 16.4. The number of fused-ring (bicyclic) bond motifs is 5. The van der Waals surface area contributed by atoms with E-state index in [1.807, 2.05) is 0 Å². The van der Waals surface area contributed by atoms with Gasteiger partial charge in [0, 0.05) is 30.0 Å². The second-order valence-corrected chi connectivity index (χ2v) is 9.07. The van der Waals surface area contributed by atoms with Gasteiger partial charge in [-0.2, -0.15) is 0 Å². The average Bonchev–Trinajstić information content (AvgIpc) is 2.98. The van der Waals surface area contributed by atoms with Crippen LogP contribution in [-0.4, -0.2) is 4.57 Å². The van der Waals surface area contributed by atoms with Crippen molar-refractivity contribution in [3.63, 3.8) is 0 Å². The standard InChI is InChI=1S/C22H30N2/c1-14-10-9-11-17-18(14)24-15(2)16-12-13-23(8)19(16)22(24,7)21(5,6)20(17,3)4/h9-13,15H,1-8H3/t15-,22?/m0/s1. The molecule has 1 aromatic carbocycles. The van der Waals surface area contributed by atoms with E-state index in [2.05, 4.69) is 95.4 Å². The number of benzene rings is 1. The predicted molar refractivity (Wildman–Crippen MR) is 102 cm³/mol. The normalized spacial score (nSPS) is 29.2. The summed E-state index contributed by atoms with van der Waals surface area (Å²) in [5.41, 5.74) is 7.46. The van der Waals surface area contributed by atoms with Gasteiger partial charge >= 0.3 is 0 Å². The Morgan fingerprint density at radius 2 is 1.67 bits per heavy atom. The van der Waals surface area contributed by atoms with E-state index in [9.17, 15) is 0 Å². The summed E-state index contributed by atoms with van der Waals surface area (Å²) in [6.45, 7) is 16.9. The smallest absolute Gasteiger partial charge is 0.0844 e. The van der Waals surface area contributed by atoms with Crippen LogP contribution in [0.3, 0.4) is 0 Å². The number of anilines is 1. The van der Waals surface area contributed by atoms with E-state index in [1.54, 1.807) is 0 Å². The Labute approximate surface area is 146 Å². The molecule has 2 aromatic rings. The molecule has 2 nitrogen and oxygen atoms in total. The molecule has 1 aromatic heterocycles. The molecule has 1 unspecified atom stereocenters. The van der Waals surface area contributed by atoms with Gasteiger partial charge in [-0.3, -0.25) is 0 Å². The first-order valence-corrected chi connectivity index (χ1v) is 9.12. The first kappa shape index (κ1) is 15.8. The molecule has 2 atom stereocenters. The molecule has 128 valence electrons. The van der Waals surface area contributed by atoms with Crippen molar-refractivity contribution in [2.24, 2.45) is 12.5 Å². The highest BCUT2D eigenvalue weighted by molar-refractivity contribution is 5.72. The number of nitrogens with zero attached hydrogens (tertiary/aromatic N) is 2. The second-order valence-electron chi connectivity index (χ2n) is 9.07. The predicted octanol–water partition coefficient (Wildman–Crippen LogP) is 5.45. The number of hydrogen-bond donors (Lipinski definition) is 0. The quantitative estimate of drug-likeness (QED) is 0.626. The molecule has 0 radical (unpaired) electrons. The third kappa shape index (κ3) is 1.41. The summed E-state index contributed by atoms with van der Waals surface area (Å²) < 4.78 is 2.35. The summed E-state index contributed by atoms with van der Waals surface area (Å²) in [4.78, 5) is 2.72. The van der Waals surface area contributed by atoms with E-state index in [1.165, 1.54) is 28.1 Å². The fraction of sp³-hybridized carbons (Fsp3) is 0.545. The largest absolute Gasteiger partial charge is 0.353 e. The molecule has 24 heavy (non-hydrogen) atoms. The van der Waals surface area contributed by atoms with Gasteiger partial charge in [-0.15, -0.1) is 0 Å². The van der Waals surface area contributed by atoms with E-state index in [0.29, 0.717) is 6.04 Å². The maximum atomic E-state index is 2.72. The molecule has 2 aliphatic rings. The van der Waals surface area contributed by atoms with Crippen LogP contribution in [-0.2, 0) is 18.0 Å². The van der Waals surface area contributed by atoms with Crippen LogP contribution in [0.1, 0.15) is 70.0 Å². The Morgan fingerprint density at radius 3 is 2.33 bits per heavy atom. The van der Waals surface area contributed by atoms with Gasteiger partial charge in [-0.25, -0.2) is 0 Å². The van der Waals surface area contributed by atoms with Crippen molar-refractivity contribution in [2.45, 2.75) is 65.5 Å². The van der Waals surface area contributed by atoms with Crippen molar-refractivity contribution in [2.75, 3.05) is 4.90 Å². The molecule has 0 spiro atoms. The Balaban J connectivity index is 2.16. The van der Waals surface area contributed by atoms with Gasteiger partial charge in [0.2, 0.25) is 0 Å². The van der Waals surface area contributed by atoms with Gasteiger partial charge in [-0.1, -0.05) is 45.9 Å². The van der Waals surface area contributed by atoms with Gasteiger partial charge < -0.3 is 9.47 Å². The summed E-state index contributed by atoms with van der Waals surface area (Å²) in [5.74, 6) is 0. The molecule has 0 fully saturated rings. The number of rotatable bonds is 0. The molecule has 2 heteroatoms. The monoisotopic (exact) mass is 322 g/mol. The van der Waals surface area contributed by atoms with Gasteiger partial charge in [0.15, 0.2) is 0 Å². The summed E-state index contributed by atoms with van der Waals surface area (Å²) in [6.07, 6.45) is 2.24. The highest BCUT2D eigenvalue weighted by Crippen LogP contribution is 2.67. The molecule has 0 N–H and O–H groups in total. The highest BCUT2D eigenvalue weighted by Gasteiger charge is 2.64. The minimum absolute atomic E-state index is 0.0252. The summed E-state index contributed by atoms with van der Waals surface area (Å²) in [5, 5.41) is 0. The van der Waals surface area contributed by atoms with Crippen molar-refractivity contribution >= 4 is 5.69 Å². The van der Waals surface area contributed by atoms with Crippen LogP contribution < -0.4 is 4.90 Å². The zero-order valence-electron chi connectivity index (χ0n) is 16.4. The summed E-state index contributed by atoms with van der Waals surface area (Å²) in [6, 6.07) is 9.57. The zero-order chi connectivity index (χ0) is 17.7. The van der Waals surface area contributed by atoms with Gasteiger partial charge in [-0.05, 0) is 48.9 Å². The fourth-order valence-corrected chi connectivity index (χ4v) is 5.59. The van der Waals surface area contributed by atoms with E-state index < -0.39 is 0 Å². The van der Waals surface area contributed by atoms with Crippen molar-refractivity contribution in [1.29, 1.82) is 0 Å². The van der Waals surface area contributed by atoms with Crippen molar-refractivity contribution in [3.05, 3.63) is 52.8 Å². The average molecular weight is 322 g/mol. The molecule has 0 bridgehead atoms. The van der Waals surface area contributed by atoms with Crippen molar-refractivity contribution in [3.8, 4) is 0 Å². The van der Waals surface area contributed by atoms with E-state index >= 15 is 0 Å². The number of aromatic nitrogens is 1. The lowest BCUT2D eigenvalue weighted by atomic mass is 9.52. The first-order chi connectivity index (χ1) is 11.1. The van der Waals surface area contributed by atoms with Crippen LogP contribution >= 0.6 is 0 Å². The maximum absolute atomic E-state index is 2.72. The van der Waals surface area contributed by atoms with Crippen molar-refractivity contribution < 1.29 is 0 Å². The van der Waals surface area contributed by atoms with Crippen molar-refractivity contribution in [1.82, 2.24) is 4.57 Å². The van der Waals surface area contributed by atoms with Crippen LogP contribution in [0.15, 0.2) is 30.5 Å². The molecule has 0 amide bonds. The third-order valence-corrected chi connectivity index (χ3v) is 7.82. The minimum Gasteiger partial charge on any atom is -0.353 e. The van der Waals surface area contributed by atoms with Gasteiger partial charge in [0.05, 0.1) is 11.6 Å². The lowest BCUT2D eigenvalue weighted by Crippen LogP contribution is -2.62. The third-order valence-electron chi connectivity index (χ3n) is 7.82. The Kier molecular flexibility index (Phi) is 2.82. The topological polar surface area (TPSA) is 8.17 Å². The van der Waals surface area contributed by atoms with E-state index in [0.717, 1.165) is 0 Å². The maximum Gasteiger partial charge on any atom is 0.0844 e. The molecule has 0 saturated heterocycles. The Hall–Kier alpha value is -1.70. The SMILES string of the molecule is Cc1cccc2c1N1[C@@H](C)c3ccn(C)c3C1(C)C(C)(C)C2(C)C. The van der Waals surface area contributed by atoms with Crippen LogP contribution in [0.2, 0.25) is 0 Å². The number of para-hydroxylation sites is 1. The van der Waals surface area contributed by atoms with Crippen LogP contribution in [0.4, 0.5) is 5.69 Å². The minimum atomic E-state index is -0.0252. The van der Waals surface area contributed by atoms with Gasteiger partial charge in [0.1, 0.15) is 0 Å². The second kappa shape index (κ2) is 4.28. The Morgan fingerprint density at radius 1 is 1.00 bits per heavy atom. The molecule has 4 rings (SSSR count). The first-order valence-electron chi connectivity index (χ1n) is 9.12. The van der Waals surface area contributed by atoms with E-state index in [-0.39, 0.29) is 16.4 Å². The molecule has 0 saturated carbocycles. The van der Waals surface area contributed by atoms with Crippen LogP contribution in [0.25, 0.3) is 0 Å². The van der Waals surface area contributed by atoms with Crippen LogP contribution in [0.5, 0.6) is 0 Å². The lowest BCUT2D eigenvalue weighted by molar-refractivity contribution is 0.0606. The number of aryl methyl sites for hydroxylation is 2. The van der Waals surface area contributed by atoms with Gasteiger partial charge in [0.25, 0.3) is 0 Å². The lowest BCUT2D eigenvalue weighted by Gasteiger charge is -2.62. The Bertz CT molecular complexity index is 840. The fourth-order valence-electron chi connectivity index (χ4n) is 5.59. The summed E-state index contributed by atoms with van der Waals surface area (Å²) >= 11 is 0.